The maximum Gasteiger partial charge on any atom is 0.143 e. The predicted molar refractivity (Wildman–Crippen MR) is 91.9 cm³/mol. The van der Waals surface area contributed by atoms with E-state index in [1.54, 1.807) is 24.3 Å². The molecule has 0 aliphatic carbocycles. The number of rotatable bonds is 1. The number of hydrogen-bond donors (Lipinski definition) is 0. The lowest BCUT2D eigenvalue weighted by atomic mass is 10.0. The fourth-order valence-corrected chi connectivity index (χ4v) is 3.15. The normalized spacial score (nSPS) is 14.7. The van der Waals surface area contributed by atoms with E-state index in [2.05, 4.69) is 15.9 Å². The minimum Gasteiger partial charge on any atom is -0.455 e. The number of benzene rings is 3. The fourth-order valence-electron chi connectivity index (χ4n) is 2.42. The first kappa shape index (κ1) is 8.62. The third kappa shape index (κ3) is 2.06. The van der Waals surface area contributed by atoms with Gasteiger partial charge in [-0.2, -0.15) is 0 Å². The molecule has 0 amide bonds. The van der Waals surface area contributed by atoms with E-state index in [9.17, 15) is 0 Å². The van der Waals surface area contributed by atoms with Crippen LogP contribution in [-0.4, -0.2) is 0 Å². The van der Waals surface area contributed by atoms with Crippen molar-refractivity contribution in [2.24, 2.45) is 0 Å². The molecule has 0 aliphatic rings. The molecule has 0 aliphatic heterocycles. The summed E-state index contributed by atoms with van der Waals surface area (Å²) in [5.41, 5.74) is 1.50. The van der Waals surface area contributed by atoms with Gasteiger partial charge in [0.25, 0.3) is 0 Å². The summed E-state index contributed by atoms with van der Waals surface area (Å²) in [6.07, 6.45) is 0. The summed E-state index contributed by atoms with van der Waals surface area (Å²) in [4.78, 5) is 0. The molecule has 0 saturated carbocycles. The molecule has 0 bridgehead atoms. The first-order valence-electron chi connectivity index (χ1n) is 8.68. The monoisotopic (exact) mass is 361 g/mol. The summed E-state index contributed by atoms with van der Waals surface area (Å²) in [5, 5.41) is 1.95. The molecule has 0 radical (unpaired) electrons. The van der Waals surface area contributed by atoms with Crippen LogP contribution in [-0.2, 0) is 0 Å². The highest BCUT2D eigenvalue weighted by Gasteiger charge is 2.15. The maximum atomic E-state index is 8.24. The lowest BCUT2D eigenvalue weighted by molar-refractivity contribution is 0.670. The van der Waals surface area contributed by atoms with Gasteiger partial charge in [0.1, 0.15) is 11.2 Å². The Morgan fingerprint density at radius 3 is 2.71 bits per heavy atom. The van der Waals surface area contributed by atoms with Crippen molar-refractivity contribution in [1.82, 2.24) is 0 Å². The quantitative estimate of drug-likeness (QED) is 0.368. The van der Waals surface area contributed by atoms with Crippen LogP contribution in [0.15, 0.2) is 69.4 Å². The van der Waals surface area contributed by atoms with Crippen LogP contribution in [0, 0.1) is 0 Å². The number of fused-ring (bicyclic) bond motifs is 3. The molecule has 0 unspecified atom stereocenters. The Morgan fingerprint density at radius 1 is 1.10 bits per heavy atom. The molecule has 4 rings (SSSR count). The lowest BCUT2D eigenvalue weighted by Crippen LogP contribution is -1.79. The molecule has 3 aromatic carbocycles. The van der Waals surface area contributed by atoms with E-state index >= 15 is 0 Å². The molecule has 0 spiro atoms. The van der Waals surface area contributed by atoms with Gasteiger partial charge in [-0.15, -0.1) is 0 Å². The third-order valence-corrected chi connectivity index (χ3v) is 4.05. The standard InChI is InChI=1S/C18H10BrClO/c19-12-9-13(11-5-2-1-3-6-11)18-14(10-12)17-15(20)7-4-8-16(17)21-18/h1-10H/i1D,2D,3D,5D,6D. The first-order valence-corrected chi connectivity index (χ1v) is 7.36. The van der Waals surface area contributed by atoms with Crippen molar-refractivity contribution in [2.75, 3.05) is 0 Å². The van der Waals surface area contributed by atoms with E-state index < -0.39 is 6.04 Å². The maximum absolute atomic E-state index is 8.24. The first-order chi connectivity index (χ1) is 12.3. The van der Waals surface area contributed by atoms with Gasteiger partial charge < -0.3 is 4.42 Å². The smallest absolute Gasteiger partial charge is 0.143 e. The molecule has 1 nitrogen and oxygen atoms in total. The number of hydrogen-bond acceptors (Lipinski definition) is 1. The van der Waals surface area contributed by atoms with Gasteiger partial charge in [-0.3, -0.25) is 0 Å². The Hall–Kier alpha value is -1.77. The molecular weight excluding hydrogens is 348 g/mol. The SMILES string of the molecule is [2H]c1c([2H])c([2H])c(-c2cc(Br)cc3c2oc2cccc(Cl)c23)c([2H])c1[2H]. The van der Waals surface area contributed by atoms with Crippen molar-refractivity contribution in [3.63, 3.8) is 0 Å². The van der Waals surface area contributed by atoms with E-state index in [1.807, 2.05) is 6.07 Å². The fraction of sp³-hybridized carbons (Fsp3) is 0. The van der Waals surface area contributed by atoms with Crippen LogP contribution < -0.4 is 0 Å². The topological polar surface area (TPSA) is 13.1 Å². The average molecular weight is 363 g/mol. The van der Waals surface area contributed by atoms with E-state index in [-0.39, 0.29) is 29.7 Å². The molecule has 0 atom stereocenters. The number of furan rings is 1. The van der Waals surface area contributed by atoms with Crippen LogP contribution in [0.5, 0.6) is 0 Å². The molecule has 0 N–H and O–H groups in total. The molecule has 1 heterocycles. The zero-order valence-electron chi connectivity index (χ0n) is 15.6. The van der Waals surface area contributed by atoms with E-state index in [1.165, 1.54) is 0 Å². The molecule has 1 aromatic heterocycles. The highest BCUT2D eigenvalue weighted by molar-refractivity contribution is 9.10. The van der Waals surface area contributed by atoms with Gasteiger partial charge in [-0.25, -0.2) is 0 Å². The average Bonchev–Trinajstić information content (AvgIpc) is 2.98. The van der Waals surface area contributed by atoms with Gasteiger partial charge in [-0.05, 0) is 29.8 Å². The Kier molecular flexibility index (Phi) is 2.01. The lowest BCUT2D eigenvalue weighted by Gasteiger charge is -2.03. The van der Waals surface area contributed by atoms with Crippen LogP contribution in [0.2, 0.25) is 5.02 Å². The zero-order chi connectivity index (χ0) is 18.7. The molecule has 3 heteroatoms. The molecule has 21 heavy (non-hydrogen) atoms. The van der Waals surface area contributed by atoms with Crippen molar-refractivity contribution in [1.29, 1.82) is 0 Å². The Labute approximate surface area is 142 Å². The molecule has 4 aromatic rings. The largest absolute Gasteiger partial charge is 0.455 e. The van der Waals surface area contributed by atoms with Crippen LogP contribution in [0.4, 0.5) is 0 Å². The molecule has 0 saturated heterocycles. The van der Waals surface area contributed by atoms with Gasteiger partial charge in [0.15, 0.2) is 0 Å². The molecule has 0 fully saturated rings. The summed E-state index contributed by atoms with van der Waals surface area (Å²) >= 11 is 9.77. The Balaban J connectivity index is 2.21. The highest BCUT2D eigenvalue weighted by Crippen LogP contribution is 2.40. The van der Waals surface area contributed by atoms with Crippen LogP contribution in [0.1, 0.15) is 6.85 Å². The predicted octanol–water partition coefficient (Wildman–Crippen LogP) is 6.67. The highest BCUT2D eigenvalue weighted by atomic mass is 79.9. The van der Waals surface area contributed by atoms with Crippen molar-refractivity contribution in [2.45, 2.75) is 0 Å². The van der Waals surface area contributed by atoms with Crippen LogP contribution in [0.3, 0.4) is 0 Å². The summed E-state index contributed by atoms with van der Waals surface area (Å²) in [5.74, 6) is 0. The van der Waals surface area contributed by atoms with Crippen molar-refractivity contribution < 1.29 is 11.3 Å². The van der Waals surface area contributed by atoms with Crippen LogP contribution in [0.25, 0.3) is 33.1 Å². The second-order valence-corrected chi connectivity index (χ2v) is 5.87. The van der Waals surface area contributed by atoms with Gasteiger partial charge in [0, 0.05) is 20.8 Å². The Morgan fingerprint density at radius 2 is 1.90 bits per heavy atom. The summed E-state index contributed by atoms with van der Waals surface area (Å²) in [6.45, 7) is 0. The van der Waals surface area contributed by atoms with Crippen molar-refractivity contribution >= 4 is 49.5 Å². The summed E-state index contributed by atoms with van der Waals surface area (Å²) in [6, 6.07) is 7.08. The summed E-state index contributed by atoms with van der Waals surface area (Å²) in [7, 11) is 0. The Bertz CT molecular complexity index is 1190. The number of halogens is 2. The van der Waals surface area contributed by atoms with E-state index in [0.29, 0.717) is 31.6 Å². The zero-order valence-corrected chi connectivity index (χ0v) is 12.9. The molecule has 102 valence electrons. The van der Waals surface area contributed by atoms with Gasteiger partial charge in [-0.1, -0.05) is 63.8 Å². The van der Waals surface area contributed by atoms with Crippen molar-refractivity contribution in [3.05, 3.63) is 70.0 Å². The summed E-state index contributed by atoms with van der Waals surface area (Å²) < 4.78 is 46.7. The van der Waals surface area contributed by atoms with E-state index in [0.717, 1.165) is 5.39 Å². The third-order valence-electron chi connectivity index (χ3n) is 3.28. The second-order valence-electron chi connectivity index (χ2n) is 4.55. The molecular formula is C18H10BrClO. The van der Waals surface area contributed by atoms with Gasteiger partial charge in [0.2, 0.25) is 0 Å². The van der Waals surface area contributed by atoms with Gasteiger partial charge >= 0.3 is 0 Å². The minimum absolute atomic E-state index is 0.0949. The minimum atomic E-state index is -0.428. The van der Waals surface area contributed by atoms with Crippen LogP contribution >= 0.6 is 27.5 Å². The van der Waals surface area contributed by atoms with Crippen molar-refractivity contribution in [3.8, 4) is 11.1 Å². The second kappa shape index (κ2) is 4.90. The van der Waals surface area contributed by atoms with E-state index in [4.69, 9.17) is 22.9 Å². The van der Waals surface area contributed by atoms with Gasteiger partial charge in [0.05, 0.1) is 11.9 Å².